The monoisotopic (exact) mass is 225 g/mol. The van der Waals surface area contributed by atoms with Crippen molar-refractivity contribution in [3.63, 3.8) is 0 Å². The van der Waals surface area contributed by atoms with Crippen LogP contribution in [-0.2, 0) is 4.74 Å². The van der Waals surface area contributed by atoms with E-state index in [0.717, 1.165) is 30.2 Å². The Balaban J connectivity index is 2.23. The molecule has 1 fully saturated rings. The number of rotatable bonds is 2. The topological polar surface area (TPSA) is 35.2 Å². The highest BCUT2D eigenvalue weighted by Gasteiger charge is 2.24. The summed E-state index contributed by atoms with van der Waals surface area (Å²) in [6, 6.07) is 5.94. The van der Waals surface area contributed by atoms with Crippen LogP contribution in [0, 0.1) is 12.8 Å². The lowest BCUT2D eigenvalue weighted by Gasteiger charge is -2.20. The van der Waals surface area contributed by atoms with E-state index >= 15 is 0 Å². The third kappa shape index (κ3) is 2.33. The van der Waals surface area contributed by atoms with Crippen molar-refractivity contribution < 1.29 is 4.74 Å². The Labute approximate surface area is 95.4 Å². The second-order valence-corrected chi connectivity index (χ2v) is 4.59. The van der Waals surface area contributed by atoms with Crippen molar-refractivity contribution in [3.8, 4) is 0 Å². The molecule has 1 aromatic rings. The lowest BCUT2D eigenvalue weighted by molar-refractivity contribution is 0.181. The van der Waals surface area contributed by atoms with Crippen LogP contribution >= 0.6 is 11.6 Å². The molecular weight excluding hydrogens is 210 g/mol. The van der Waals surface area contributed by atoms with Crippen LogP contribution < -0.4 is 5.73 Å². The molecule has 3 heteroatoms. The van der Waals surface area contributed by atoms with E-state index in [1.165, 1.54) is 5.56 Å². The summed E-state index contributed by atoms with van der Waals surface area (Å²) in [6.45, 7) is 3.67. The lowest BCUT2D eigenvalue weighted by atomic mass is 9.90. The van der Waals surface area contributed by atoms with Crippen LogP contribution in [0.3, 0.4) is 0 Å². The highest BCUT2D eigenvalue weighted by atomic mass is 35.5. The van der Waals surface area contributed by atoms with Crippen LogP contribution in [0.5, 0.6) is 0 Å². The van der Waals surface area contributed by atoms with Gasteiger partial charge in [-0.05, 0) is 36.6 Å². The predicted octanol–water partition coefficient (Wildman–Crippen LogP) is 2.68. The molecule has 0 amide bonds. The second-order valence-electron chi connectivity index (χ2n) is 4.15. The summed E-state index contributed by atoms with van der Waals surface area (Å²) in [5.41, 5.74) is 8.59. The first-order chi connectivity index (χ1) is 7.18. The zero-order valence-electron chi connectivity index (χ0n) is 8.87. The zero-order valence-corrected chi connectivity index (χ0v) is 9.63. The van der Waals surface area contributed by atoms with Crippen molar-refractivity contribution in [1.82, 2.24) is 0 Å². The van der Waals surface area contributed by atoms with Gasteiger partial charge >= 0.3 is 0 Å². The number of hydrogen-bond donors (Lipinski definition) is 1. The van der Waals surface area contributed by atoms with Gasteiger partial charge in [-0.1, -0.05) is 17.7 Å². The van der Waals surface area contributed by atoms with Gasteiger partial charge in [0.1, 0.15) is 0 Å². The highest BCUT2D eigenvalue weighted by molar-refractivity contribution is 6.30. The summed E-state index contributed by atoms with van der Waals surface area (Å²) in [6.07, 6.45) is 1.05. The van der Waals surface area contributed by atoms with Crippen molar-refractivity contribution in [2.45, 2.75) is 19.4 Å². The summed E-state index contributed by atoms with van der Waals surface area (Å²) in [5.74, 6) is 0.433. The standard InChI is InChI=1S/C12H16ClNO/c1-8-2-3-10(13)6-11(8)12(14)9-4-5-15-7-9/h2-3,6,9,12H,4-5,7,14H2,1H3. The summed E-state index contributed by atoms with van der Waals surface area (Å²) in [5, 5.41) is 0.755. The molecular formula is C12H16ClNO. The zero-order chi connectivity index (χ0) is 10.8. The van der Waals surface area contributed by atoms with Crippen molar-refractivity contribution >= 4 is 11.6 Å². The first-order valence-corrected chi connectivity index (χ1v) is 5.65. The number of ether oxygens (including phenoxy) is 1. The van der Waals surface area contributed by atoms with E-state index in [9.17, 15) is 0 Å². The fourth-order valence-electron chi connectivity index (χ4n) is 2.06. The van der Waals surface area contributed by atoms with Gasteiger partial charge in [-0.3, -0.25) is 0 Å². The van der Waals surface area contributed by atoms with E-state index < -0.39 is 0 Å². The molecule has 15 heavy (non-hydrogen) atoms. The Morgan fingerprint density at radius 1 is 1.53 bits per heavy atom. The van der Waals surface area contributed by atoms with Gasteiger partial charge in [0.2, 0.25) is 0 Å². The van der Waals surface area contributed by atoms with Crippen LogP contribution in [0.15, 0.2) is 18.2 Å². The molecule has 1 saturated heterocycles. The van der Waals surface area contributed by atoms with Crippen molar-refractivity contribution in [3.05, 3.63) is 34.3 Å². The molecule has 2 rings (SSSR count). The normalized spacial score (nSPS) is 23.0. The molecule has 0 bridgehead atoms. The molecule has 2 N–H and O–H groups in total. The molecule has 0 aromatic heterocycles. The number of hydrogen-bond acceptors (Lipinski definition) is 2. The summed E-state index contributed by atoms with van der Waals surface area (Å²) in [7, 11) is 0. The SMILES string of the molecule is Cc1ccc(Cl)cc1C(N)C1CCOC1. The third-order valence-corrected chi connectivity index (χ3v) is 3.31. The molecule has 0 aliphatic carbocycles. The van der Waals surface area contributed by atoms with Crippen molar-refractivity contribution in [2.24, 2.45) is 11.7 Å². The van der Waals surface area contributed by atoms with Gasteiger partial charge in [-0.25, -0.2) is 0 Å². The van der Waals surface area contributed by atoms with E-state index in [4.69, 9.17) is 22.1 Å². The molecule has 1 aliphatic rings. The lowest BCUT2D eigenvalue weighted by Crippen LogP contribution is -2.22. The Morgan fingerprint density at radius 3 is 3.00 bits per heavy atom. The largest absolute Gasteiger partial charge is 0.381 e. The third-order valence-electron chi connectivity index (χ3n) is 3.07. The molecule has 1 heterocycles. The van der Waals surface area contributed by atoms with Gasteiger partial charge < -0.3 is 10.5 Å². The van der Waals surface area contributed by atoms with E-state index in [1.54, 1.807) is 0 Å². The molecule has 0 saturated carbocycles. The van der Waals surface area contributed by atoms with Crippen LogP contribution in [0.2, 0.25) is 5.02 Å². The Kier molecular flexibility index (Phi) is 3.29. The molecule has 1 aliphatic heterocycles. The van der Waals surface area contributed by atoms with Gasteiger partial charge in [0.05, 0.1) is 6.61 Å². The maximum Gasteiger partial charge on any atom is 0.0513 e. The highest BCUT2D eigenvalue weighted by Crippen LogP contribution is 2.30. The number of nitrogens with two attached hydrogens (primary N) is 1. The Bertz CT molecular complexity index is 347. The number of aryl methyl sites for hydroxylation is 1. The first kappa shape index (κ1) is 10.9. The van der Waals surface area contributed by atoms with Gasteiger partial charge in [-0.15, -0.1) is 0 Å². The minimum atomic E-state index is 0.0474. The van der Waals surface area contributed by atoms with Crippen LogP contribution in [0.25, 0.3) is 0 Å². The van der Waals surface area contributed by atoms with Gasteiger partial charge in [0.15, 0.2) is 0 Å². The molecule has 1 aromatic carbocycles. The van der Waals surface area contributed by atoms with E-state index in [-0.39, 0.29) is 6.04 Å². The van der Waals surface area contributed by atoms with Crippen LogP contribution in [0.1, 0.15) is 23.6 Å². The van der Waals surface area contributed by atoms with Gasteiger partial charge in [0.25, 0.3) is 0 Å². The molecule has 2 unspecified atom stereocenters. The Hall–Kier alpha value is -0.570. The summed E-state index contributed by atoms with van der Waals surface area (Å²) in [4.78, 5) is 0. The summed E-state index contributed by atoms with van der Waals surface area (Å²) >= 11 is 5.98. The quantitative estimate of drug-likeness (QED) is 0.840. The second kappa shape index (κ2) is 4.52. The minimum absolute atomic E-state index is 0.0474. The maximum atomic E-state index is 6.23. The van der Waals surface area contributed by atoms with E-state index in [1.807, 2.05) is 18.2 Å². The molecule has 82 valence electrons. The molecule has 2 nitrogen and oxygen atoms in total. The predicted molar refractivity (Wildman–Crippen MR) is 62.0 cm³/mol. The van der Waals surface area contributed by atoms with E-state index in [2.05, 4.69) is 6.92 Å². The van der Waals surface area contributed by atoms with Gasteiger partial charge in [-0.2, -0.15) is 0 Å². The molecule has 0 radical (unpaired) electrons. The van der Waals surface area contributed by atoms with Crippen LogP contribution in [0.4, 0.5) is 0 Å². The fourth-order valence-corrected chi connectivity index (χ4v) is 2.24. The molecule has 2 atom stereocenters. The number of benzene rings is 1. The Morgan fingerprint density at radius 2 is 2.33 bits per heavy atom. The van der Waals surface area contributed by atoms with E-state index in [0.29, 0.717) is 5.92 Å². The van der Waals surface area contributed by atoms with Crippen molar-refractivity contribution in [1.29, 1.82) is 0 Å². The first-order valence-electron chi connectivity index (χ1n) is 5.28. The van der Waals surface area contributed by atoms with Gasteiger partial charge in [0, 0.05) is 23.6 Å². The fraction of sp³-hybridized carbons (Fsp3) is 0.500. The summed E-state index contributed by atoms with van der Waals surface area (Å²) < 4.78 is 5.36. The number of halogens is 1. The van der Waals surface area contributed by atoms with Crippen molar-refractivity contribution in [2.75, 3.05) is 13.2 Å². The molecule has 0 spiro atoms. The average Bonchev–Trinajstić information content (AvgIpc) is 2.74. The maximum absolute atomic E-state index is 6.23. The smallest absolute Gasteiger partial charge is 0.0513 e. The average molecular weight is 226 g/mol. The van der Waals surface area contributed by atoms with Crippen LogP contribution in [-0.4, -0.2) is 13.2 Å². The minimum Gasteiger partial charge on any atom is -0.381 e.